The quantitative estimate of drug-likeness (QED) is 0.770. The number of halogens is 2. The van der Waals surface area contributed by atoms with Crippen LogP contribution in [0.25, 0.3) is 0 Å². The Hall–Kier alpha value is -0.930. The van der Waals surface area contributed by atoms with Crippen LogP contribution in [0.1, 0.15) is 6.92 Å². The molecule has 0 radical (unpaired) electrons. The lowest BCUT2D eigenvalue weighted by Gasteiger charge is -2.12. The monoisotopic (exact) mass is 419 g/mol. The maximum atomic E-state index is 12.1. The Labute approximate surface area is 137 Å². The van der Waals surface area contributed by atoms with Crippen molar-refractivity contribution in [1.29, 1.82) is 0 Å². The third-order valence-corrected chi connectivity index (χ3v) is 4.70. The molecule has 1 atom stereocenters. The average molecular weight is 421 g/mol. The molecule has 0 saturated heterocycles. The molecule has 0 aliphatic heterocycles. The van der Waals surface area contributed by atoms with Gasteiger partial charge >= 0.3 is 0 Å². The smallest absolute Gasteiger partial charge is 0.237 e. The molecular weight excluding hydrogens is 410 g/mol. The second-order valence-corrected chi connectivity index (χ2v) is 7.04. The predicted molar refractivity (Wildman–Crippen MR) is 84.6 cm³/mol. The molecule has 1 N–H and O–H groups in total. The van der Waals surface area contributed by atoms with E-state index in [0.717, 1.165) is 14.6 Å². The van der Waals surface area contributed by atoms with Gasteiger partial charge in [0.1, 0.15) is 0 Å². The number of anilines is 1. The fourth-order valence-corrected chi connectivity index (χ4v) is 3.26. The molecule has 1 heterocycles. The van der Waals surface area contributed by atoms with Crippen molar-refractivity contribution in [2.45, 2.75) is 17.3 Å². The highest BCUT2D eigenvalue weighted by molar-refractivity contribution is 9.11. The first-order valence-corrected chi connectivity index (χ1v) is 8.09. The van der Waals surface area contributed by atoms with Crippen molar-refractivity contribution in [2.75, 3.05) is 5.32 Å². The zero-order valence-electron chi connectivity index (χ0n) is 10.7. The number of nitrogens with zero attached hydrogens (tertiary/aromatic N) is 4. The summed E-state index contributed by atoms with van der Waals surface area (Å²) in [5, 5.41) is 14.3. The molecule has 1 aromatic heterocycles. The molecular formula is C11H11Br2N5OS. The van der Waals surface area contributed by atoms with Gasteiger partial charge < -0.3 is 5.32 Å². The number of tetrazole rings is 1. The third-order valence-electron chi connectivity index (χ3n) is 2.42. The van der Waals surface area contributed by atoms with E-state index < -0.39 is 0 Å². The summed E-state index contributed by atoms with van der Waals surface area (Å²) in [4.78, 5) is 12.1. The van der Waals surface area contributed by atoms with E-state index in [0.29, 0.717) is 5.16 Å². The highest BCUT2D eigenvalue weighted by atomic mass is 79.9. The lowest BCUT2D eigenvalue weighted by Crippen LogP contribution is -2.23. The first kappa shape index (κ1) is 15.5. The molecule has 1 unspecified atom stereocenters. The van der Waals surface area contributed by atoms with E-state index in [1.54, 1.807) is 14.0 Å². The Balaban J connectivity index is 2.02. The summed E-state index contributed by atoms with van der Waals surface area (Å²) in [6.45, 7) is 1.81. The molecule has 0 fully saturated rings. The number of hydrogen-bond acceptors (Lipinski definition) is 5. The molecule has 0 bridgehead atoms. The highest BCUT2D eigenvalue weighted by Gasteiger charge is 2.18. The van der Waals surface area contributed by atoms with Gasteiger partial charge in [0.15, 0.2) is 0 Å². The lowest BCUT2D eigenvalue weighted by atomic mass is 10.3. The molecule has 106 valence electrons. The van der Waals surface area contributed by atoms with Gasteiger partial charge in [0, 0.05) is 16.0 Å². The number of aryl methyl sites for hydroxylation is 1. The van der Waals surface area contributed by atoms with E-state index in [4.69, 9.17) is 0 Å². The summed E-state index contributed by atoms with van der Waals surface area (Å²) < 4.78 is 3.29. The second kappa shape index (κ2) is 6.68. The minimum Gasteiger partial charge on any atom is -0.324 e. The van der Waals surface area contributed by atoms with Crippen LogP contribution in [0.2, 0.25) is 0 Å². The van der Waals surface area contributed by atoms with Gasteiger partial charge in [-0.1, -0.05) is 27.7 Å². The molecule has 2 aromatic rings. The van der Waals surface area contributed by atoms with Crippen molar-refractivity contribution in [3.8, 4) is 0 Å². The van der Waals surface area contributed by atoms with Crippen molar-refractivity contribution in [3.05, 3.63) is 27.1 Å². The van der Waals surface area contributed by atoms with Gasteiger partial charge in [-0.15, -0.1) is 5.10 Å². The van der Waals surface area contributed by atoms with Crippen LogP contribution < -0.4 is 5.32 Å². The van der Waals surface area contributed by atoms with Crippen molar-refractivity contribution < 1.29 is 4.79 Å². The third kappa shape index (κ3) is 3.80. The normalized spacial score (nSPS) is 12.2. The summed E-state index contributed by atoms with van der Waals surface area (Å²) in [6.07, 6.45) is 0. The number of carbonyl (C=O) groups excluding carboxylic acids is 1. The van der Waals surface area contributed by atoms with Crippen LogP contribution in [0.15, 0.2) is 32.3 Å². The van der Waals surface area contributed by atoms with Crippen molar-refractivity contribution >= 4 is 55.2 Å². The van der Waals surface area contributed by atoms with Crippen LogP contribution in [-0.2, 0) is 11.8 Å². The van der Waals surface area contributed by atoms with Crippen molar-refractivity contribution in [2.24, 2.45) is 7.05 Å². The fourth-order valence-electron chi connectivity index (χ4n) is 1.36. The number of rotatable bonds is 4. The van der Waals surface area contributed by atoms with Gasteiger partial charge in [-0.2, -0.15) is 0 Å². The van der Waals surface area contributed by atoms with Crippen LogP contribution in [0.3, 0.4) is 0 Å². The van der Waals surface area contributed by atoms with E-state index >= 15 is 0 Å². The Morgan fingerprint density at radius 3 is 2.80 bits per heavy atom. The first-order valence-electron chi connectivity index (χ1n) is 5.62. The molecule has 0 aliphatic rings. The highest BCUT2D eigenvalue weighted by Crippen LogP contribution is 2.27. The van der Waals surface area contributed by atoms with E-state index in [1.807, 2.05) is 18.2 Å². The van der Waals surface area contributed by atoms with E-state index in [-0.39, 0.29) is 11.2 Å². The van der Waals surface area contributed by atoms with E-state index in [9.17, 15) is 4.79 Å². The molecule has 1 amide bonds. The largest absolute Gasteiger partial charge is 0.324 e. The van der Waals surface area contributed by atoms with Crippen LogP contribution in [-0.4, -0.2) is 31.4 Å². The SMILES string of the molecule is CC(Sc1nnnn1C)C(=O)Nc1ccc(Br)cc1Br. The van der Waals surface area contributed by atoms with Crippen LogP contribution in [0.4, 0.5) is 5.69 Å². The Kier molecular flexibility index (Phi) is 5.17. The Morgan fingerprint density at radius 2 is 2.20 bits per heavy atom. The summed E-state index contributed by atoms with van der Waals surface area (Å²) in [6, 6.07) is 5.57. The fraction of sp³-hybridized carbons (Fsp3) is 0.273. The number of benzene rings is 1. The van der Waals surface area contributed by atoms with Gasteiger partial charge in [-0.05, 0) is 51.5 Å². The Morgan fingerprint density at radius 1 is 1.45 bits per heavy atom. The topological polar surface area (TPSA) is 72.7 Å². The average Bonchev–Trinajstić information content (AvgIpc) is 2.78. The van der Waals surface area contributed by atoms with Crippen LogP contribution in [0.5, 0.6) is 0 Å². The van der Waals surface area contributed by atoms with Gasteiger partial charge in [0.25, 0.3) is 0 Å². The summed E-state index contributed by atoms with van der Waals surface area (Å²) >= 11 is 8.08. The number of hydrogen-bond donors (Lipinski definition) is 1. The maximum Gasteiger partial charge on any atom is 0.237 e. The molecule has 6 nitrogen and oxygen atoms in total. The van der Waals surface area contributed by atoms with Gasteiger partial charge in [-0.3, -0.25) is 4.79 Å². The molecule has 2 rings (SSSR count). The maximum absolute atomic E-state index is 12.1. The number of amides is 1. The molecule has 9 heteroatoms. The standard InChI is InChI=1S/C11H11Br2N5OS/c1-6(20-11-15-16-17-18(11)2)10(19)14-9-4-3-7(12)5-8(9)13/h3-6H,1-2H3,(H,14,19). The van der Waals surface area contributed by atoms with Crippen molar-refractivity contribution in [1.82, 2.24) is 20.2 Å². The molecule has 0 aliphatic carbocycles. The van der Waals surface area contributed by atoms with E-state index in [2.05, 4.69) is 52.7 Å². The number of carbonyl (C=O) groups is 1. The van der Waals surface area contributed by atoms with Crippen LogP contribution >= 0.6 is 43.6 Å². The van der Waals surface area contributed by atoms with Crippen molar-refractivity contribution in [3.63, 3.8) is 0 Å². The molecule has 0 spiro atoms. The van der Waals surface area contributed by atoms with Gasteiger partial charge in [0.05, 0.1) is 10.9 Å². The second-order valence-electron chi connectivity index (χ2n) is 3.96. The summed E-state index contributed by atoms with van der Waals surface area (Å²) in [7, 11) is 1.73. The van der Waals surface area contributed by atoms with Crippen LogP contribution in [0, 0.1) is 0 Å². The van der Waals surface area contributed by atoms with Gasteiger partial charge in [0.2, 0.25) is 11.1 Å². The van der Waals surface area contributed by atoms with Gasteiger partial charge in [-0.25, -0.2) is 4.68 Å². The summed E-state index contributed by atoms with van der Waals surface area (Å²) in [5.41, 5.74) is 0.724. The summed E-state index contributed by atoms with van der Waals surface area (Å²) in [5.74, 6) is -0.110. The molecule has 20 heavy (non-hydrogen) atoms. The zero-order chi connectivity index (χ0) is 14.7. The number of nitrogens with one attached hydrogen (secondary N) is 1. The first-order chi connectivity index (χ1) is 9.47. The minimum absolute atomic E-state index is 0.110. The number of thioether (sulfide) groups is 1. The minimum atomic E-state index is -0.310. The van der Waals surface area contributed by atoms with E-state index in [1.165, 1.54) is 16.4 Å². The Bertz CT molecular complexity index is 633. The predicted octanol–water partition coefficient (Wildman–Crippen LogP) is 2.85. The lowest BCUT2D eigenvalue weighted by molar-refractivity contribution is -0.115. The zero-order valence-corrected chi connectivity index (χ0v) is 14.7. The molecule has 1 aromatic carbocycles. The number of aromatic nitrogens is 4. The molecule has 0 saturated carbocycles.